The van der Waals surface area contributed by atoms with Crippen LogP contribution in [0.3, 0.4) is 0 Å². The van der Waals surface area contributed by atoms with Crippen molar-refractivity contribution in [1.29, 1.82) is 0 Å². The van der Waals surface area contributed by atoms with Crippen molar-refractivity contribution in [3.05, 3.63) is 71.1 Å². The molecule has 1 aliphatic carbocycles. The molecule has 246 valence electrons. The summed E-state index contributed by atoms with van der Waals surface area (Å²) in [6.07, 6.45) is 8.23. The van der Waals surface area contributed by atoms with Crippen LogP contribution in [0.4, 0.5) is 10.7 Å². The monoisotopic (exact) mass is 656 g/mol. The lowest BCUT2D eigenvalue weighted by Crippen LogP contribution is -2.59. The summed E-state index contributed by atoms with van der Waals surface area (Å²) < 4.78 is 8.88. The summed E-state index contributed by atoms with van der Waals surface area (Å²) in [6.45, 7) is 7.44. The minimum Gasteiger partial charge on any atom is -0.373 e. The summed E-state index contributed by atoms with van der Waals surface area (Å²) in [6, 6.07) is 14.7. The first kappa shape index (κ1) is 30.6. The van der Waals surface area contributed by atoms with Crippen LogP contribution in [-0.4, -0.2) is 68.9 Å². The number of pyridine rings is 2. The van der Waals surface area contributed by atoms with Crippen LogP contribution in [0.5, 0.6) is 0 Å². The molecule has 6 heterocycles. The third-order valence-corrected chi connectivity index (χ3v) is 10.5. The molecular weight excluding hydrogens is 616 g/mol. The molecule has 4 fully saturated rings. The topological polar surface area (TPSA) is 110 Å². The zero-order valence-electron chi connectivity index (χ0n) is 26.6. The number of halogens is 1. The molecule has 12 heteroatoms. The highest BCUT2D eigenvalue weighted by atomic mass is 35.5. The van der Waals surface area contributed by atoms with Crippen LogP contribution in [0.2, 0.25) is 5.02 Å². The molecule has 2 N–H and O–H groups in total. The molecule has 0 radical (unpaired) electrons. The Morgan fingerprint density at radius 3 is 2.66 bits per heavy atom. The first-order chi connectivity index (χ1) is 23.0. The Hall–Kier alpha value is -3.77. The molecule has 1 aromatic carbocycles. The summed E-state index contributed by atoms with van der Waals surface area (Å²) in [5, 5.41) is 3.33. The lowest BCUT2D eigenvalue weighted by Gasteiger charge is -2.47. The zero-order valence-corrected chi connectivity index (χ0v) is 27.4. The number of ether oxygens (including phenoxy) is 1. The molecule has 1 saturated carbocycles. The lowest BCUT2D eigenvalue weighted by molar-refractivity contribution is -0.0365. The normalized spacial score (nSPS) is 26.6. The van der Waals surface area contributed by atoms with E-state index >= 15 is 0 Å². The maximum atomic E-state index is 12.0. The molecule has 3 saturated heterocycles. The van der Waals surface area contributed by atoms with Gasteiger partial charge in [-0.15, -0.1) is 5.48 Å². The number of piperidine rings is 1. The fourth-order valence-electron chi connectivity index (χ4n) is 7.83. The number of hydroxylamine groups is 1. The van der Waals surface area contributed by atoms with Crippen LogP contribution < -0.4 is 15.7 Å². The van der Waals surface area contributed by atoms with Gasteiger partial charge in [0.25, 0.3) is 0 Å². The lowest BCUT2D eigenvalue weighted by atomic mass is 9.83. The molecule has 3 aromatic heterocycles. The summed E-state index contributed by atoms with van der Waals surface area (Å²) >= 11 is 6.48. The predicted molar refractivity (Wildman–Crippen MR) is 180 cm³/mol. The van der Waals surface area contributed by atoms with E-state index < -0.39 is 12.3 Å². The Bertz CT molecular complexity index is 1740. The van der Waals surface area contributed by atoms with Crippen molar-refractivity contribution in [2.24, 2.45) is 11.8 Å². The van der Waals surface area contributed by atoms with Crippen LogP contribution in [0, 0.1) is 11.8 Å². The van der Waals surface area contributed by atoms with Gasteiger partial charge in [0.2, 0.25) is 5.95 Å². The fourth-order valence-corrected chi connectivity index (χ4v) is 8.00. The second kappa shape index (κ2) is 13.0. The number of hydrogen-bond donors (Lipinski definition) is 2. The van der Waals surface area contributed by atoms with E-state index in [1.54, 1.807) is 12.4 Å². The van der Waals surface area contributed by atoms with Gasteiger partial charge in [-0.3, -0.25) is 15.2 Å². The Balaban J connectivity index is 1.20. The standard InChI is InChI=1S/C35H41ClN8O3/c1-22-7-9-24(10-8-22)20-44-32-27(16-28(33-40-35(45)47-41-33)38-31(32)25-15-26(36)18-37-17-25)39-34(44)43-13-14-46-30-21-42(12-11-29(30)43)19-23-5-3-2-4-6-23/h2-6,15-18,22,24,29-30,33,41H,7-14,19-21H2,1H3,(H,40,45)/t22?,24?,29-,30-,33?/m1/s1. The van der Waals surface area contributed by atoms with Crippen molar-refractivity contribution in [3.8, 4) is 11.3 Å². The number of fused-ring (bicyclic) bond motifs is 2. The minimum absolute atomic E-state index is 0.0883. The number of carbonyl (C=O) groups excluding carboxylic acids is 1. The number of nitrogens with one attached hydrogen (secondary N) is 2. The van der Waals surface area contributed by atoms with Gasteiger partial charge in [-0.1, -0.05) is 61.7 Å². The van der Waals surface area contributed by atoms with Crippen LogP contribution in [0.1, 0.15) is 56.5 Å². The second-order valence-electron chi connectivity index (χ2n) is 13.6. The molecule has 1 amide bonds. The summed E-state index contributed by atoms with van der Waals surface area (Å²) in [7, 11) is 0. The number of nitrogens with zero attached hydrogens (tertiary/aromatic N) is 6. The Morgan fingerprint density at radius 2 is 1.87 bits per heavy atom. The number of amides is 1. The van der Waals surface area contributed by atoms with Gasteiger partial charge in [-0.05, 0) is 48.8 Å². The largest absolute Gasteiger partial charge is 0.427 e. The highest BCUT2D eigenvalue weighted by Crippen LogP contribution is 2.38. The Morgan fingerprint density at radius 1 is 1.02 bits per heavy atom. The molecule has 0 bridgehead atoms. The van der Waals surface area contributed by atoms with Gasteiger partial charge in [0.1, 0.15) is 0 Å². The number of anilines is 1. The van der Waals surface area contributed by atoms with Crippen LogP contribution in [0.15, 0.2) is 54.9 Å². The van der Waals surface area contributed by atoms with E-state index in [0.717, 1.165) is 73.3 Å². The molecule has 3 atom stereocenters. The first-order valence-corrected chi connectivity index (χ1v) is 17.3. The number of benzene rings is 1. The number of aromatic nitrogens is 4. The predicted octanol–water partition coefficient (Wildman–Crippen LogP) is 5.70. The maximum Gasteiger partial charge on any atom is 0.427 e. The van der Waals surface area contributed by atoms with Gasteiger partial charge in [-0.25, -0.2) is 14.8 Å². The molecule has 8 rings (SSSR count). The van der Waals surface area contributed by atoms with Gasteiger partial charge < -0.3 is 19.0 Å². The quantitative estimate of drug-likeness (QED) is 0.259. The van der Waals surface area contributed by atoms with Gasteiger partial charge in [0.05, 0.1) is 46.2 Å². The summed E-state index contributed by atoms with van der Waals surface area (Å²) in [4.78, 5) is 36.9. The fraction of sp³-hybridized carbons (Fsp3) is 0.486. The average Bonchev–Trinajstić information content (AvgIpc) is 3.69. The molecular formula is C35H41ClN8O3. The van der Waals surface area contributed by atoms with E-state index in [4.69, 9.17) is 31.1 Å². The zero-order chi connectivity index (χ0) is 31.9. The second-order valence-corrected chi connectivity index (χ2v) is 14.0. The summed E-state index contributed by atoms with van der Waals surface area (Å²) in [5.41, 5.74) is 8.00. The van der Waals surface area contributed by atoms with Gasteiger partial charge in [-0.2, -0.15) is 0 Å². The van der Waals surface area contributed by atoms with E-state index in [-0.39, 0.29) is 12.1 Å². The van der Waals surface area contributed by atoms with E-state index in [2.05, 4.69) is 67.4 Å². The van der Waals surface area contributed by atoms with Crippen LogP contribution in [0.25, 0.3) is 22.3 Å². The van der Waals surface area contributed by atoms with E-state index in [1.807, 2.05) is 12.1 Å². The number of imidazole rings is 1. The highest BCUT2D eigenvalue weighted by molar-refractivity contribution is 6.30. The number of likely N-dealkylation sites (tertiary alicyclic amines) is 1. The van der Waals surface area contributed by atoms with Crippen molar-refractivity contribution in [2.75, 3.05) is 31.1 Å². The van der Waals surface area contributed by atoms with Crippen molar-refractivity contribution in [3.63, 3.8) is 0 Å². The minimum atomic E-state index is -0.604. The smallest absolute Gasteiger partial charge is 0.373 e. The van der Waals surface area contributed by atoms with Crippen LogP contribution in [-0.2, 0) is 22.7 Å². The molecule has 1 unspecified atom stereocenters. The number of rotatable bonds is 7. The van der Waals surface area contributed by atoms with Crippen molar-refractivity contribution < 1.29 is 14.4 Å². The van der Waals surface area contributed by atoms with Gasteiger partial charge >= 0.3 is 6.09 Å². The molecule has 3 aliphatic heterocycles. The highest BCUT2D eigenvalue weighted by Gasteiger charge is 2.40. The van der Waals surface area contributed by atoms with E-state index in [0.29, 0.717) is 23.2 Å². The molecule has 4 aliphatic rings. The van der Waals surface area contributed by atoms with Crippen molar-refractivity contribution in [2.45, 2.75) is 70.4 Å². The SMILES string of the molecule is CC1CCC(Cn2c(N3CCO[C@@H]4CN(Cc5ccccc5)CC[C@H]43)nc3cc(C4NOC(=O)N4)nc(-c4cncc(Cl)c4)c32)CC1. The number of carbonyl (C=O) groups is 1. The summed E-state index contributed by atoms with van der Waals surface area (Å²) in [5.74, 6) is 2.27. The van der Waals surface area contributed by atoms with Gasteiger partial charge in [0, 0.05) is 50.7 Å². The molecule has 4 aromatic rings. The van der Waals surface area contributed by atoms with Crippen LogP contribution >= 0.6 is 11.6 Å². The Labute approximate surface area is 279 Å². The van der Waals surface area contributed by atoms with Gasteiger partial charge in [0.15, 0.2) is 6.17 Å². The van der Waals surface area contributed by atoms with Crippen molar-refractivity contribution in [1.82, 2.24) is 35.2 Å². The first-order valence-electron chi connectivity index (χ1n) is 16.9. The molecule has 11 nitrogen and oxygen atoms in total. The number of hydrogen-bond acceptors (Lipinski definition) is 9. The molecule has 47 heavy (non-hydrogen) atoms. The Kier molecular flexibility index (Phi) is 8.47. The maximum absolute atomic E-state index is 12.0. The molecule has 0 spiro atoms. The van der Waals surface area contributed by atoms with E-state index in [1.165, 1.54) is 31.2 Å². The van der Waals surface area contributed by atoms with Crippen molar-refractivity contribution >= 4 is 34.7 Å². The average molecular weight is 657 g/mol. The third-order valence-electron chi connectivity index (χ3n) is 10.3. The van der Waals surface area contributed by atoms with E-state index in [9.17, 15) is 4.79 Å². The number of morpholine rings is 1. The third kappa shape index (κ3) is 6.29.